The molecule has 0 saturated carbocycles. The minimum absolute atomic E-state index is 0.163. The number of primary amides is 1. The number of para-hydroxylation sites is 1. The number of nitrogens with one attached hydrogen (secondary N) is 2. The molecule has 1 rings (SSSR count). The lowest BCUT2D eigenvalue weighted by Gasteiger charge is -2.10. The standard InChI is InChI=1S/C11H17N3O3S/c1-13-9-5-2-3-6-10(9)18(16,17)14-8-4-7-11(12)15/h2-3,5-6,13-14H,4,7-8H2,1H3,(H2,12,15). The number of nitrogens with two attached hydrogens (primary N) is 1. The third-order valence-corrected chi connectivity index (χ3v) is 3.86. The van der Waals surface area contributed by atoms with E-state index < -0.39 is 15.9 Å². The molecule has 1 aromatic rings. The van der Waals surface area contributed by atoms with Crippen molar-refractivity contribution in [2.24, 2.45) is 5.73 Å². The molecule has 0 unspecified atom stereocenters. The molecule has 1 aromatic carbocycles. The highest BCUT2D eigenvalue weighted by atomic mass is 32.2. The minimum Gasteiger partial charge on any atom is -0.387 e. The maximum absolute atomic E-state index is 12.0. The molecule has 6 nitrogen and oxygen atoms in total. The summed E-state index contributed by atoms with van der Waals surface area (Å²) in [6.45, 7) is 0.184. The van der Waals surface area contributed by atoms with E-state index in [9.17, 15) is 13.2 Å². The van der Waals surface area contributed by atoms with E-state index in [2.05, 4.69) is 10.0 Å². The number of rotatable bonds is 7. The highest BCUT2D eigenvalue weighted by Gasteiger charge is 2.16. The first-order valence-electron chi connectivity index (χ1n) is 5.52. The van der Waals surface area contributed by atoms with Gasteiger partial charge in [-0.1, -0.05) is 12.1 Å². The Kier molecular flexibility index (Phi) is 5.11. The second-order valence-corrected chi connectivity index (χ2v) is 5.45. The van der Waals surface area contributed by atoms with Crippen molar-refractivity contribution in [3.8, 4) is 0 Å². The predicted molar refractivity (Wildman–Crippen MR) is 69.6 cm³/mol. The average Bonchev–Trinajstić information content (AvgIpc) is 2.34. The topological polar surface area (TPSA) is 101 Å². The first-order valence-corrected chi connectivity index (χ1v) is 7.00. The van der Waals surface area contributed by atoms with Crippen LogP contribution in [0, 0.1) is 0 Å². The van der Waals surface area contributed by atoms with Crippen LogP contribution in [0.2, 0.25) is 0 Å². The Morgan fingerprint density at radius 2 is 2.00 bits per heavy atom. The van der Waals surface area contributed by atoms with Crippen molar-refractivity contribution < 1.29 is 13.2 Å². The lowest BCUT2D eigenvalue weighted by Crippen LogP contribution is -2.26. The fraction of sp³-hybridized carbons (Fsp3) is 0.364. The van der Waals surface area contributed by atoms with Crippen LogP contribution in [-0.4, -0.2) is 27.9 Å². The average molecular weight is 271 g/mol. The van der Waals surface area contributed by atoms with Gasteiger partial charge in [-0.05, 0) is 18.6 Å². The first-order chi connectivity index (χ1) is 8.47. The molecule has 0 aromatic heterocycles. The zero-order chi connectivity index (χ0) is 13.6. The molecule has 0 spiro atoms. The number of amides is 1. The largest absolute Gasteiger partial charge is 0.387 e. The SMILES string of the molecule is CNc1ccccc1S(=O)(=O)NCCCC(N)=O. The van der Waals surface area contributed by atoms with Crippen LogP contribution >= 0.6 is 0 Å². The van der Waals surface area contributed by atoms with Crippen molar-refractivity contribution >= 4 is 21.6 Å². The van der Waals surface area contributed by atoms with Crippen LogP contribution in [0.25, 0.3) is 0 Å². The number of hydrogen-bond donors (Lipinski definition) is 3. The van der Waals surface area contributed by atoms with Crippen LogP contribution in [0.5, 0.6) is 0 Å². The summed E-state index contributed by atoms with van der Waals surface area (Å²) in [4.78, 5) is 10.7. The summed E-state index contributed by atoms with van der Waals surface area (Å²) in [5, 5.41) is 2.82. The maximum Gasteiger partial charge on any atom is 0.242 e. The molecular formula is C11H17N3O3S. The Morgan fingerprint density at radius 3 is 2.61 bits per heavy atom. The second-order valence-electron chi connectivity index (χ2n) is 3.71. The molecule has 0 fully saturated rings. The summed E-state index contributed by atoms with van der Waals surface area (Å²) in [6, 6.07) is 6.59. The summed E-state index contributed by atoms with van der Waals surface area (Å²) < 4.78 is 26.4. The summed E-state index contributed by atoms with van der Waals surface area (Å²) in [5.41, 5.74) is 5.50. The molecule has 0 atom stereocenters. The van der Waals surface area contributed by atoms with Gasteiger partial charge in [-0.3, -0.25) is 4.79 Å². The molecule has 7 heteroatoms. The monoisotopic (exact) mass is 271 g/mol. The van der Waals surface area contributed by atoms with Crippen LogP contribution in [-0.2, 0) is 14.8 Å². The van der Waals surface area contributed by atoms with Gasteiger partial charge in [-0.2, -0.15) is 0 Å². The van der Waals surface area contributed by atoms with Crippen LogP contribution in [0.4, 0.5) is 5.69 Å². The summed E-state index contributed by atoms with van der Waals surface area (Å²) in [6.07, 6.45) is 0.548. The number of hydrogen-bond acceptors (Lipinski definition) is 4. The summed E-state index contributed by atoms with van der Waals surface area (Å²) >= 11 is 0. The van der Waals surface area contributed by atoms with Gasteiger partial charge in [-0.15, -0.1) is 0 Å². The molecular weight excluding hydrogens is 254 g/mol. The fourth-order valence-electron chi connectivity index (χ4n) is 1.45. The van der Waals surface area contributed by atoms with Crippen molar-refractivity contribution in [2.75, 3.05) is 18.9 Å². The van der Waals surface area contributed by atoms with Crippen molar-refractivity contribution in [3.63, 3.8) is 0 Å². The van der Waals surface area contributed by atoms with Gasteiger partial charge in [0.25, 0.3) is 0 Å². The lowest BCUT2D eigenvalue weighted by atomic mass is 10.3. The minimum atomic E-state index is -3.57. The predicted octanol–water partition coefficient (Wildman–Crippen LogP) is 0.272. The zero-order valence-corrected chi connectivity index (χ0v) is 11.0. The van der Waals surface area contributed by atoms with Crippen LogP contribution in [0.15, 0.2) is 29.2 Å². The Hall–Kier alpha value is -1.60. The van der Waals surface area contributed by atoms with E-state index in [0.29, 0.717) is 12.1 Å². The molecule has 0 aliphatic heterocycles. The Balaban J connectivity index is 2.71. The van der Waals surface area contributed by atoms with Gasteiger partial charge in [0.1, 0.15) is 4.90 Å². The molecule has 18 heavy (non-hydrogen) atoms. The van der Waals surface area contributed by atoms with Crippen LogP contribution < -0.4 is 15.8 Å². The fourth-order valence-corrected chi connectivity index (χ4v) is 2.74. The molecule has 0 heterocycles. The summed E-state index contributed by atoms with van der Waals surface area (Å²) in [5.74, 6) is -0.440. The molecule has 0 radical (unpaired) electrons. The van der Waals surface area contributed by atoms with Gasteiger partial charge >= 0.3 is 0 Å². The molecule has 1 amide bonds. The van der Waals surface area contributed by atoms with Crippen molar-refractivity contribution in [2.45, 2.75) is 17.7 Å². The zero-order valence-electron chi connectivity index (χ0n) is 10.1. The van der Waals surface area contributed by atoms with Gasteiger partial charge < -0.3 is 11.1 Å². The Labute approximate surface area is 107 Å². The molecule has 100 valence electrons. The number of carbonyl (C=O) groups excluding carboxylic acids is 1. The molecule has 0 aliphatic rings. The quantitative estimate of drug-likeness (QED) is 0.620. The maximum atomic E-state index is 12.0. The van der Waals surface area contributed by atoms with Gasteiger partial charge in [0.2, 0.25) is 15.9 Å². The molecule has 0 saturated heterocycles. The van der Waals surface area contributed by atoms with E-state index in [1.165, 1.54) is 6.07 Å². The van der Waals surface area contributed by atoms with E-state index in [1.807, 2.05) is 0 Å². The van der Waals surface area contributed by atoms with Gasteiger partial charge in [0, 0.05) is 20.0 Å². The molecule has 4 N–H and O–H groups in total. The third kappa shape index (κ3) is 4.01. The van der Waals surface area contributed by atoms with Crippen molar-refractivity contribution in [1.29, 1.82) is 0 Å². The van der Waals surface area contributed by atoms with Crippen LogP contribution in [0.1, 0.15) is 12.8 Å². The Bertz CT molecular complexity index is 514. The summed E-state index contributed by atoms with van der Waals surface area (Å²) in [7, 11) is -1.91. The highest BCUT2D eigenvalue weighted by molar-refractivity contribution is 7.89. The van der Waals surface area contributed by atoms with Crippen molar-refractivity contribution in [1.82, 2.24) is 4.72 Å². The molecule has 0 aliphatic carbocycles. The first kappa shape index (κ1) is 14.5. The third-order valence-electron chi connectivity index (χ3n) is 2.34. The number of carbonyl (C=O) groups is 1. The smallest absolute Gasteiger partial charge is 0.242 e. The lowest BCUT2D eigenvalue weighted by molar-refractivity contribution is -0.118. The van der Waals surface area contributed by atoms with E-state index in [1.54, 1.807) is 25.2 Å². The van der Waals surface area contributed by atoms with E-state index >= 15 is 0 Å². The van der Waals surface area contributed by atoms with Gasteiger partial charge in [-0.25, -0.2) is 13.1 Å². The Morgan fingerprint density at radius 1 is 1.33 bits per heavy atom. The van der Waals surface area contributed by atoms with Crippen LogP contribution in [0.3, 0.4) is 0 Å². The normalized spacial score (nSPS) is 11.2. The van der Waals surface area contributed by atoms with E-state index in [0.717, 1.165) is 0 Å². The highest BCUT2D eigenvalue weighted by Crippen LogP contribution is 2.19. The van der Waals surface area contributed by atoms with Gasteiger partial charge in [0.15, 0.2) is 0 Å². The van der Waals surface area contributed by atoms with Crippen molar-refractivity contribution in [3.05, 3.63) is 24.3 Å². The number of anilines is 1. The second kappa shape index (κ2) is 6.36. The number of sulfonamides is 1. The number of benzene rings is 1. The molecule has 0 bridgehead atoms. The van der Waals surface area contributed by atoms with Gasteiger partial charge in [0.05, 0.1) is 5.69 Å². The van der Waals surface area contributed by atoms with E-state index in [-0.39, 0.29) is 17.9 Å². The van der Waals surface area contributed by atoms with E-state index in [4.69, 9.17) is 5.73 Å².